The minimum Gasteiger partial charge on any atom is -0.507 e. The molecule has 6 nitrogen and oxygen atoms in total. The Labute approximate surface area is 196 Å². The van der Waals surface area contributed by atoms with Gasteiger partial charge in [-0.2, -0.15) is 5.26 Å². The van der Waals surface area contributed by atoms with Gasteiger partial charge in [0.1, 0.15) is 17.6 Å². The molecule has 1 atom stereocenters. The summed E-state index contributed by atoms with van der Waals surface area (Å²) in [5, 5.41) is 22.1. The van der Waals surface area contributed by atoms with Crippen molar-refractivity contribution in [2.75, 3.05) is 11.5 Å². The quantitative estimate of drug-likeness (QED) is 0.308. The van der Waals surface area contributed by atoms with Gasteiger partial charge in [-0.05, 0) is 65.9 Å². The van der Waals surface area contributed by atoms with Gasteiger partial charge in [0.05, 0.1) is 23.8 Å². The molecule has 2 heterocycles. The van der Waals surface area contributed by atoms with Crippen LogP contribution in [0.5, 0.6) is 5.75 Å². The van der Waals surface area contributed by atoms with Crippen LogP contribution in [0.3, 0.4) is 0 Å². The van der Waals surface area contributed by atoms with Crippen molar-refractivity contribution in [3.8, 4) is 11.8 Å². The average Bonchev–Trinajstić information content (AvgIpc) is 3.44. The van der Waals surface area contributed by atoms with Crippen LogP contribution in [0.2, 0.25) is 0 Å². The zero-order chi connectivity index (χ0) is 23.5. The standard InChI is InChI=1S/C26H22N2O4S/c1-16(2)15-32-20-11-7-18(8-12-20)24(29)22-23(21-4-3-13-33-21)28(26(31)25(22)30)19-9-5-17(14-27)6-10-19/h3-13,16,23,29H,15H2,1-2H3/b24-22-. The zero-order valence-corrected chi connectivity index (χ0v) is 19.0. The first kappa shape index (κ1) is 22.3. The molecule has 7 heteroatoms. The number of anilines is 1. The molecule has 0 saturated carbocycles. The van der Waals surface area contributed by atoms with E-state index in [1.54, 1.807) is 48.5 Å². The highest BCUT2D eigenvalue weighted by Gasteiger charge is 2.47. The Kier molecular flexibility index (Phi) is 6.29. The van der Waals surface area contributed by atoms with Crippen molar-refractivity contribution in [2.24, 2.45) is 5.92 Å². The summed E-state index contributed by atoms with van der Waals surface area (Å²) in [6.07, 6.45) is 0. The molecule has 1 saturated heterocycles. The fourth-order valence-electron chi connectivity index (χ4n) is 3.64. The highest BCUT2D eigenvalue weighted by Crippen LogP contribution is 2.43. The predicted molar refractivity (Wildman–Crippen MR) is 127 cm³/mol. The number of thiophene rings is 1. The predicted octanol–water partition coefficient (Wildman–Crippen LogP) is 5.28. The molecule has 0 radical (unpaired) electrons. The molecular weight excluding hydrogens is 436 g/mol. The number of carbonyl (C=O) groups excluding carboxylic acids is 2. The Hall–Kier alpha value is -3.89. The number of ether oxygens (including phenoxy) is 1. The van der Waals surface area contributed by atoms with Crippen LogP contribution in [0.25, 0.3) is 5.76 Å². The topological polar surface area (TPSA) is 90.6 Å². The molecule has 1 unspecified atom stereocenters. The Morgan fingerprint density at radius 1 is 1.12 bits per heavy atom. The molecule has 33 heavy (non-hydrogen) atoms. The van der Waals surface area contributed by atoms with Crippen LogP contribution in [0.15, 0.2) is 71.6 Å². The molecule has 4 rings (SSSR count). The van der Waals surface area contributed by atoms with Crippen molar-refractivity contribution in [2.45, 2.75) is 19.9 Å². The number of aliphatic hydroxyl groups is 1. The SMILES string of the molecule is CC(C)COc1ccc(/C(O)=C2/C(=O)C(=O)N(c3ccc(C#N)cc3)C2c2cccs2)cc1. The highest BCUT2D eigenvalue weighted by molar-refractivity contribution is 7.10. The van der Waals surface area contributed by atoms with Crippen molar-refractivity contribution in [1.29, 1.82) is 5.26 Å². The van der Waals surface area contributed by atoms with Crippen LogP contribution in [-0.4, -0.2) is 23.4 Å². The number of hydrogen-bond acceptors (Lipinski definition) is 6. The molecule has 166 valence electrons. The number of Topliss-reactive ketones (excluding diaryl/α,β-unsaturated/α-hetero) is 1. The fourth-order valence-corrected chi connectivity index (χ4v) is 4.46. The number of benzene rings is 2. The Bertz CT molecular complexity index is 1240. The first-order valence-electron chi connectivity index (χ1n) is 10.5. The molecule has 1 fully saturated rings. The van der Waals surface area contributed by atoms with Crippen LogP contribution >= 0.6 is 11.3 Å². The molecule has 0 aliphatic carbocycles. The molecule has 1 amide bonds. The van der Waals surface area contributed by atoms with Crippen molar-refractivity contribution in [1.82, 2.24) is 0 Å². The molecule has 0 spiro atoms. The lowest BCUT2D eigenvalue weighted by molar-refractivity contribution is -0.132. The van der Waals surface area contributed by atoms with Gasteiger partial charge in [-0.25, -0.2) is 0 Å². The summed E-state index contributed by atoms with van der Waals surface area (Å²) in [5.74, 6) is -0.680. The Morgan fingerprint density at radius 2 is 1.82 bits per heavy atom. The van der Waals surface area contributed by atoms with Gasteiger partial charge in [-0.1, -0.05) is 19.9 Å². The van der Waals surface area contributed by atoms with E-state index in [9.17, 15) is 14.7 Å². The van der Waals surface area contributed by atoms with E-state index in [4.69, 9.17) is 10.00 Å². The fraction of sp³-hybridized carbons (Fsp3) is 0.192. The van der Waals surface area contributed by atoms with E-state index >= 15 is 0 Å². The van der Waals surface area contributed by atoms with Gasteiger partial charge in [0, 0.05) is 16.1 Å². The second-order valence-corrected chi connectivity index (χ2v) is 9.05. The molecule has 1 N–H and O–H groups in total. The van der Waals surface area contributed by atoms with E-state index in [0.717, 1.165) is 4.88 Å². The summed E-state index contributed by atoms with van der Waals surface area (Å²) in [4.78, 5) is 28.3. The van der Waals surface area contributed by atoms with Crippen LogP contribution in [0, 0.1) is 17.2 Å². The van der Waals surface area contributed by atoms with E-state index in [1.165, 1.54) is 16.2 Å². The lowest BCUT2D eigenvalue weighted by Crippen LogP contribution is -2.29. The van der Waals surface area contributed by atoms with Gasteiger partial charge in [0.25, 0.3) is 11.7 Å². The van der Waals surface area contributed by atoms with Gasteiger partial charge < -0.3 is 9.84 Å². The second kappa shape index (κ2) is 9.31. The maximum atomic E-state index is 13.1. The molecular formula is C26H22N2O4S. The first-order chi connectivity index (χ1) is 15.9. The normalized spacial score (nSPS) is 17.4. The first-order valence-corrected chi connectivity index (χ1v) is 11.4. The van der Waals surface area contributed by atoms with Gasteiger partial charge in [-0.3, -0.25) is 14.5 Å². The number of amides is 1. The van der Waals surface area contributed by atoms with Crippen LogP contribution in [-0.2, 0) is 9.59 Å². The number of rotatable bonds is 6. The van der Waals surface area contributed by atoms with E-state index in [2.05, 4.69) is 13.8 Å². The molecule has 1 aromatic heterocycles. The molecule has 1 aliphatic heterocycles. The number of ketones is 1. The van der Waals surface area contributed by atoms with Crippen molar-refractivity contribution in [3.05, 3.63) is 87.6 Å². The molecule has 0 bridgehead atoms. The largest absolute Gasteiger partial charge is 0.507 e. The van der Waals surface area contributed by atoms with Gasteiger partial charge >= 0.3 is 0 Å². The zero-order valence-electron chi connectivity index (χ0n) is 18.2. The second-order valence-electron chi connectivity index (χ2n) is 8.07. The minimum atomic E-state index is -0.769. The maximum Gasteiger partial charge on any atom is 0.300 e. The lowest BCUT2D eigenvalue weighted by Gasteiger charge is -2.24. The smallest absolute Gasteiger partial charge is 0.300 e. The third kappa shape index (κ3) is 4.38. The number of nitrogens with zero attached hydrogens (tertiary/aromatic N) is 2. The molecule has 1 aliphatic rings. The monoisotopic (exact) mass is 458 g/mol. The summed E-state index contributed by atoms with van der Waals surface area (Å²) >= 11 is 1.39. The van der Waals surface area contributed by atoms with Gasteiger partial charge in [0.15, 0.2) is 0 Å². The van der Waals surface area contributed by atoms with E-state index in [-0.39, 0.29) is 11.3 Å². The number of nitriles is 1. The van der Waals surface area contributed by atoms with Crippen molar-refractivity contribution >= 4 is 34.5 Å². The molecule has 2 aromatic carbocycles. The van der Waals surface area contributed by atoms with Gasteiger partial charge in [-0.15, -0.1) is 11.3 Å². The summed E-state index contributed by atoms with van der Waals surface area (Å²) in [6, 6.07) is 18.2. The third-order valence-electron chi connectivity index (χ3n) is 5.24. The number of aliphatic hydroxyl groups excluding tert-OH is 1. The molecule has 3 aromatic rings. The maximum absolute atomic E-state index is 13.1. The summed E-state index contributed by atoms with van der Waals surface area (Å²) in [5.41, 5.74) is 1.38. The number of carbonyl (C=O) groups is 2. The average molecular weight is 459 g/mol. The summed E-state index contributed by atoms with van der Waals surface area (Å²) in [7, 11) is 0. The van der Waals surface area contributed by atoms with E-state index < -0.39 is 17.7 Å². The summed E-state index contributed by atoms with van der Waals surface area (Å²) in [6.45, 7) is 4.68. The minimum absolute atomic E-state index is 0.0302. The lowest BCUT2D eigenvalue weighted by atomic mass is 9.99. The van der Waals surface area contributed by atoms with E-state index in [0.29, 0.717) is 35.1 Å². The van der Waals surface area contributed by atoms with Crippen molar-refractivity contribution in [3.63, 3.8) is 0 Å². The van der Waals surface area contributed by atoms with Crippen molar-refractivity contribution < 1.29 is 19.4 Å². The third-order valence-corrected chi connectivity index (χ3v) is 6.17. The van der Waals surface area contributed by atoms with Gasteiger partial charge in [0.2, 0.25) is 0 Å². The Balaban J connectivity index is 1.77. The highest BCUT2D eigenvalue weighted by atomic mass is 32.1. The van der Waals surface area contributed by atoms with E-state index in [1.807, 2.05) is 23.6 Å². The van der Waals surface area contributed by atoms with Crippen LogP contribution < -0.4 is 9.64 Å². The number of hydrogen-bond donors (Lipinski definition) is 1. The summed E-state index contributed by atoms with van der Waals surface area (Å²) < 4.78 is 5.69. The van der Waals surface area contributed by atoms with Crippen LogP contribution in [0.1, 0.15) is 35.9 Å². The van der Waals surface area contributed by atoms with Crippen LogP contribution in [0.4, 0.5) is 5.69 Å². The Morgan fingerprint density at radius 3 is 2.39 bits per heavy atom.